The van der Waals surface area contributed by atoms with Crippen LogP contribution in [-0.4, -0.2) is 36.3 Å². The minimum Gasteiger partial charge on any atom is -0.495 e. The molecule has 2 aromatic rings. The molecule has 0 unspecified atom stereocenters. The lowest BCUT2D eigenvalue weighted by atomic mass is 9.82. The average Bonchev–Trinajstić information content (AvgIpc) is 3.30. The maximum atomic E-state index is 12.9. The molecule has 2 heterocycles. The van der Waals surface area contributed by atoms with Crippen LogP contribution >= 0.6 is 0 Å². The van der Waals surface area contributed by atoms with Crippen molar-refractivity contribution in [2.24, 2.45) is 11.8 Å². The minimum absolute atomic E-state index is 0.386. The van der Waals surface area contributed by atoms with Gasteiger partial charge in [0.05, 0.1) is 30.9 Å². The summed E-state index contributed by atoms with van der Waals surface area (Å²) in [5.74, 6) is -2.57. The number of hydrogen-bond acceptors (Lipinski definition) is 4. The van der Waals surface area contributed by atoms with E-state index >= 15 is 0 Å². The van der Waals surface area contributed by atoms with Gasteiger partial charge in [-0.2, -0.15) is 0 Å². The van der Waals surface area contributed by atoms with Crippen molar-refractivity contribution in [3.8, 4) is 16.9 Å². The second kappa shape index (κ2) is 6.89. The molecule has 2 bridgehead atoms. The van der Waals surface area contributed by atoms with E-state index in [4.69, 9.17) is 9.47 Å². The van der Waals surface area contributed by atoms with E-state index in [2.05, 4.69) is 5.32 Å². The number of carbonyl (C=O) groups is 2. The standard InChI is InChI=1S/C21H19NO5/c1-26-15-8-7-13(12-5-3-2-4-6-12)11-14(15)22-20(23)18-16-9-10-17(27-16)19(18)21(24)25/h2-11,16-19H,1H3,(H,22,23)(H,24,25)/t16-,17-,18+,19+/m1/s1. The minimum atomic E-state index is -1.03. The van der Waals surface area contributed by atoms with Gasteiger partial charge in [-0.3, -0.25) is 9.59 Å². The summed E-state index contributed by atoms with van der Waals surface area (Å²) in [5.41, 5.74) is 2.43. The monoisotopic (exact) mass is 365 g/mol. The van der Waals surface area contributed by atoms with E-state index < -0.39 is 30.0 Å². The van der Waals surface area contributed by atoms with Gasteiger partial charge in [-0.05, 0) is 23.3 Å². The fraction of sp³-hybridized carbons (Fsp3) is 0.238. The van der Waals surface area contributed by atoms with Crippen molar-refractivity contribution >= 4 is 17.6 Å². The van der Waals surface area contributed by atoms with Crippen LogP contribution in [0.3, 0.4) is 0 Å². The summed E-state index contributed by atoms with van der Waals surface area (Å²) >= 11 is 0. The molecule has 0 radical (unpaired) electrons. The summed E-state index contributed by atoms with van der Waals surface area (Å²) < 4.78 is 10.9. The molecule has 4 atom stereocenters. The van der Waals surface area contributed by atoms with Gasteiger partial charge in [0.25, 0.3) is 0 Å². The molecular formula is C21H19NO5. The molecule has 138 valence electrons. The number of hydrogen-bond donors (Lipinski definition) is 2. The Labute approximate surface area is 156 Å². The third kappa shape index (κ3) is 3.08. The van der Waals surface area contributed by atoms with Crippen molar-refractivity contribution in [1.29, 1.82) is 0 Å². The van der Waals surface area contributed by atoms with Gasteiger partial charge in [0, 0.05) is 0 Å². The largest absolute Gasteiger partial charge is 0.495 e. The van der Waals surface area contributed by atoms with Crippen LogP contribution in [0.1, 0.15) is 0 Å². The molecule has 2 aromatic carbocycles. The first kappa shape index (κ1) is 17.3. The first-order chi connectivity index (χ1) is 13.1. The van der Waals surface area contributed by atoms with Crippen molar-refractivity contribution in [1.82, 2.24) is 0 Å². The fourth-order valence-electron chi connectivity index (χ4n) is 3.75. The van der Waals surface area contributed by atoms with Crippen molar-refractivity contribution in [3.05, 3.63) is 60.7 Å². The van der Waals surface area contributed by atoms with Gasteiger partial charge in [-0.15, -0.1) is 0 Å². The average molecular weight is 365 g/mol. The molecule has 1 amide bonds. The van der Waals surface area contributed by atoms with E-state index in [1.807, 2.05) is 42.5 Å². The van der Waals surface area contributed by atoms with Gasteiger partial charge in [0.2, 0.25) is 5.91 Å². The molecule has 27 heavy (non-hydrogen) atoms. The molecule has 0 spiro atoms. The molecule has 6 heteroatoms. The normalized spacial score (nSPS) is 25.4. The van der Waals surface area contributed by atoms with Gasteiger partial charge >= 0.3 is 5.97 Å². The Bertz CT molecular complexity index is 908. The fourth-order valence-corrected chi connectivity index (χ4v) is 3.75. The number of nitrogens with one attached hydrogen (secondary N) is 1. The summed E-state index contributed by atoms with van der Waals surface area (Å²) in [7, 11) is 1.52. The van der Waals surface area contributed by atoms with E-state index in [-0.39, 0.29) is 5.91 Å². The number of rotatable bonds is 5. The highest BCUT2D eigenvalue weighted by Crippen LogP contribution is 2.40. The highest BCUT2D eigenvalue weighted by Gasteiger charge is 2.53. The van der Waals surface area contributed by atoms with Gasteiger partial charge in [0.15, 0.2) is 0 Å². The third-order valence-corrected chi connectivity index (χ3v) is 5.05. The summed E-state index contributed by atoms with van der Waals surface area (Å²) in [6.07, 6.45) is 2.40. The maximum absolute atomic E-state index is 12.9. The highest BCUT2D eigenvalue weighted by molar-refractivity contribution is 5.98. The molecular weight excluding hydrogens is 346 g/mol. The number of carboxylic acids is 1. The Morgan fingerprint density at radius 2 is 1.70 bits per heavy atom. The molecule has 0 aromatic heterocycles. The number of anilines is 1. The molecule has 6 nitrogen and oxygen atoms in total. The first-order valence-electron chi connectivity index (χ1n) is 8.69. The lowest BCUT2D eigenvalue weighted by molar-refractivity contribution is -0.145. The summed E-state index contributed by atoms with van der Waals surface area (Å²) in [4.78, 5) is 24.5. The van der Waals surface area contributed by atoms with E-state index in [1.54, 1.807) is 18.2 Å². The van der Waals surface area contributed by atoms with Crippen molar-refractivity contribution in [2.75, 3.05) is 12.4 Å². The summed E-state index contributed by atoms with van der Waals surface area (Å²) in [6.45, 7) is 0. The Morgan fingerprint density at radius 3 is 2.37 bits per heavy atom. The Hall–Kier alpha value is -3.12. The quantitative estimate of drug-likeness (QED) is 0.796. The molecule has 2 aliphatic heterocycles. The molecule has 2 N–H and O–H groups in total. The molecule has 0 aliphatic carbocycles. The van der Waals surface area contributed by atoms with Crippen LogP contribution in [0.4, 0.5) is 5.69 Å². The number of amides is 1. The Kier molecular flexibility index (Phi) is 4.41. The van der Waals surface area contributed by atoms with E-state index in [0.29, 0.717) is 11.4 Å². The van der Waals surface area contributed by atoms with E-state index in [9.17, 15) is 14.7 Å². The zero-order valence-electron chi connectivity index (χ0n) is 14.7. The van der Waals surface area contributed by atoms with Crippen LogP contribution in [0, 0.1) is 11.8 Å². The van der Waals surface area contributed by atoms with Crippen LogP contribution in [0.25, 0.3) is 11.1 Å². The van der Waals surface area contributed by atoms with Crippen molar-refractivity contribution < 1.29 is 24.2 Å². The second-order valence-electron chi connectivity index (χ2n) is 6.61. The van der Waals surface area contributed by atoms with Gasteiger partial charge < -0.3 is 19.9 Å². The summed E-state index contributed by atoms with van der Waals surface area (Å²) in [5, 5.41) is 12.3. The number of fused-ring (bicyclic) bond motifs is 2. The SMILES string of the molecule is COc1ccc(-c2ccccc2)cc1NC(=O)[C@@H]1[C@@H](C(=O)O)[C@H]2C=C[C@H]1O2. The van der Waals surface area contributed by atoms with Crippen LogP contribution in [-0.2, 0) is 14.3 Å². The number of benzene rings is 2. The maximum Gasteiger partial charge on any atom is 0.310 e. The van der Waals surface area contributed by atoms with Crippen molar-refractivity contribution in [3.63, 3.8) is 0 Å². The van der Waals surface area contributed by atoms with Gasteiger partial charge in [0.1, 0.15) is 11.7 Å². The number of carbonyl (C=O) groups excluding carboxylic acids is 1. The predicted octanol–water partition coefficient (Wildman–Crippen LogP) is 2.95. The number of ether oxygens (including phenoxy) is 2. The molecule has 4 rings (SSSR count). The van der Waals surface area contributed by atoms with E-state index in [1.165, 1.54) is 7.11 Å². The number of carboxylic acid groups (broad SMARTS) is 1. The second-order valence-corrected chi connectivity index (χ2v) is 6.61. The van der Waals surface area contributed by atoms with E-state index in [0.717, 1.165) is 11.1 Å². The van der Waals surface area contributed by atoms with Crippen LogP contribution in [0.2, 0.25) is 0 Å². The third-order valence-electron chi connectivity index (χ3n) is 5.05. The molecule has 1 saturated heterocycles. The topological polar surface area (TPSA) is 84.9 Å². The smallest absolute Gasteiger partial charge is 0.310 e. The van der Waals surface area contributed by atoms with Crippen LogP contribution < -0.4 is 10.1 Å². The highest BCUT2D eigenvalue weighted by atomic mass is 16.5. The number of aliphatic carboxylic acids is 1. The van der Waals surface area contributed by atoms with Crippen LogP contribution in [0.5, 0.6) is 5.75 Å². The Balaban J connectivity index is 1.63. The van der Waals surface area contributed by atoms with Gasteiger partial charge in [-0.25, -0.2) is 0 Å². The first-order valence-corrected chi connectivity index (χ1v) is 8.69. The van der Waals surface area contributed by atoms with Gasteiger partial charge in [-0.1, -0.05) is 48.6 Å². The lowest BCUT2D eigenvalue weighted by Gasteiger charge is -2.22. The molecule has 0 saturated carbocycles. The van der Waals surface area contributed by atoms with Crippen molar-refractivity contribution in [2.45, 2.75) is 12.2 Å². The lowest BCUT2D eigenvalue weighted by Crippen LogP contribution is -2.39. The predicted molar refractivity (Wildman–Crippen MR) is 99.5 cm³/mol. The Morgan fingerprint density at radius 1 is 1.00 bits per heavy atom. The molecule has 2 aliphatic rings. The zero-order chi connectivity index (χ0) is 19.0. The molecule has 1 fully saturated rings. The number of methoxy groups -OCH3 is 1. The summed E-state index contributed by atoms with van der Waals surface area (Å²) in [6, 6.07) is 15.3. The van der Waals surface area contributed by atoms with Crippen LogP contribution in [0.15, 0.2) is 60.7 Å². The zero-order valence-corrected chi connectivity index (χ0v) is 14.7.